The zero-order chi connectivity index (χ0) is 20.7. The summed E-state index contributed by atoms with van der Waals surface area (Å²) in [6, 6.07) is 8.48. The number of aliphatic hydroxyl groups is 1. The van der Waals surface area contributed by atoms with E-state index in [1.165, 1.54) is 5.56 Å². The number of hydrogen-bond acceptors (Lipinski definition) is 7. The minimum Gasteiger partial charge on any atom is -0.494 e. The molecule has 0 bridgehead atoms. The number of aromatic nitrogens is 2. The molecule has 7 nitrogen and oxygen atoms in total. The molecule has 1 aromatic heterocycles. The molecule has 0 spiro atoms. The number of ether oxygens (including phenoxy) is 3. The fourth-order valence-corrected chi connectivity index (χ4v) is 3.58. The van der Waals surface area contributed by atoms with Crippen LogP contribution in [0.25, 0.3) is 0 Å². The van der Waals surface area contributed by atoms with Crippen LogP contribution >= 0.6 is 0 Å². The molecule has 1 fully saturated rings. The van der Waals surface area contributed by atoms with Crippen LogP contribution in [0.15, 0.2) is 30.5 Å². The Balaban J connectivity index is 1.65. The Morgan fingerprint density at radius 2 is 1.62 bits per heavy atom. The number of hydrogen-bond donors (Lipinski definition) is 1. The monoisotopic (exact) mass is 401 g/mol. The molecule has 1 aliphatic heterocycles. The van der Waals surface area contributed by atoms with E-state index in [1.807, 2.05) is 32.9 Å². The van der Waals surface area contributed by atoms with Gasteiger partial charge in [0.25, 0.3) is 0 Å². The Hall–Kier alpha value is -2.38. The van der Waals surface area contributed by atoms with Gasteiger partial charge in [0.2, 0.25) is 5.88 Å². The van der Waals surface area contributed by atoms with E-state index >= 15 is 0 Å². The summed E-state index contributed by atoms with van der Waals surface area (Å²) in [6.45, 7) is 9.79. The van der Waals surface area contributed by atoms with Crippen LogP contribution in [0.2, 0.25) is 0 Å². The molecule has 0 aliphatic carbocycles. The summed E-state index contributed by atoms with van der Waals surface area (Å²) in [4.78, 5) is 10.9. The largest absolute Gasteiger partial charge is 0.494 e. The van der Waals surface area contributed by atoms with E-state index in [9.17, 15) is 5.11 Å². The molecule has 0 atom stereocenters. The Morgan fingerprint density at radius 3 is 2.24 bits per heavy atom. The Kier molecular flexibility index (Phi) is 7.28. The van der Waals surface area contributed by atoms with Crippen LogP contribution in [0.3, 0.4) is 0 Å². The lowest BCUT2D eigenvalue weighted by atomic mass is 9.85. The topological polar surface area (TPSA) is 76.9 Å². The van der Waals surface area contributed by atoms with Crippen LogP contribution in [-0.4, -0.2) is 52.9 Å². The summed E-state index contributed by atoms with van der Waals surface area (Å²) in [7, 11) is 0. The van der Waals surface area contributed by atoms with Gasteiger partial charge in [-0.1, -0.05) is 12.1 Å². The SMILES string of the molecule is CCOc1ccc(CN2CCC(O)(c3cnc(OCC)nc3OCC)CC2)cc1. The van der Waals surface area contributed by atoms with E-state index in [4.69, 9.17) is 14.2 Å². The van der Waals surface area contributed by atoms with Gasteiger partial charge in [-0.3, -0.25) is 4.90 Å². The maximum absolute atomic E-state index is 11.3. The number of piperidine rings is 1. The lowest BCUT2D eigenvalue weighted by molar-refractivity contribution is -0.0303. The van der Waals surface area contributed by atoms with E-state index in [2.05, 4.69) is 27.0 Å². The molecule has 1 aromatic carbocycles. The molecule has 0 radical (unpaired) electrons. The number of likely N-dealkylation sites (tertiary alicyclic amines) is 1. The highest BCUT2D eigenvalue weighted by Crippen LogP contribution is 2.38. The third-order valence-corrected chi connectivity index (χ3v) is 5.11. The Morgan fingerprint density at radius 1 is 0.966 bits per heavy atom. The second kappa shape index (κ2) is 9.89. The summed E-state index contributed by atoms with van der Waals surface area (Å²) >= 11 is 0. The molecule has 2 heterocycles. The molecular formula is C22H31N3O4. The van der Waals surface area contributed by atoms with Crippen LogP contribution in [0, 0.1) is 0 Å². The average Bonchev–Trinajstić information content (AvgIpc) is 2.72. The summed E-state index contributed by atoms with van der Waals surface area (Å²) in [5, 5.41) is 11.3. The number of benzene rings is 1. The third-order valence-electron chi connectivity index (χ3n) is 5.11. The van der Waals surface area contributed by atoms with Crippen molar-refractivity contribution in [2.24, 2.45) is 0 Å². The Labute approximate surface area is 172 Å². The smallest absolute Gasteiger partial charge is 0.319 e. The zero-order valence-corrected chi connectivity index (χ0v) is 17.6. The molecular weight excluding hydrogens is 370 g/mol. The van der Waals surface area contributed by atoms with Gasteiger partial charge in [-0.2, -0.15) is 4.98 Å². The molecule has 1 N–H and O–H groups in total. The van der Waals surface area contributed by atoms with Gasteiger partial charge in [0.15, 0.2) is 0 Å². The second-order valence-corrected chi connectivity index (χ2v) is 7.12. The van der Waals surface area contributed by atoms with Gasteiger partial charge in [-0.25, -0.2) is 4.98 Å². The van der Waals surface area contributed by atoms with Gasteiger partial charge in [-0.05, 0) is 51.3 Å². The highest BCUT2D eigenvalue weighted by Gasteiger charge is 2.37. The highest BCUT2D eigenvalue weighted by atomic mass is 16.5. The predicted octanol–water partition coefficient (Wildman–Crippen LogP) is 3.16. The molecule has 1 aliphatic rings. The Bertz CT molecular complexity index is 774. The standard InChI is InChI=1S/C22H31N3O4/c1-4-27-18-9-7-17(8-10-18)16-25-13-11-22(26,12-14-25)19-15-23-21(29-6-3)24-20(19)28-5-2/h7-10,15,26H,4-6,11-14,16H2,1-3H3. The van der Waals surface area contributed by atoms with Crippen molar-refractivity contribution < 1.29 is 19.3 Å². The van der Waals surface area contributed by atoms with Crippen LogP contribution in [0.1, 0.15) is 44.7 Å². The number of rotatable bonds is 9. The summed E-state index contributed by atoms with van der Waals surface area (Å²) in [5.41, 5.74) is 0.881. The predicted molar refractivity (Wildman–Crippen MR) is 110 cm³/mol. The van der Waals surface area contributed by atoms with Crippen molar-refractivity contribution in [3.05, 3.63) is 41.6 Å². The first-order chi connectivity index (χ1) is 14.1. The summed E-state index contributed by atoms with van der Waals surface area (Å²) in [5.74, 6) is 1.30. The minimum atomic E-state index is -0.995. The molecule has 0 saturated carbocycles. The average molecular weight is 402 g/mol. The van der Waals surface area contributed by atoms with Crippen LogP contribution in [0.4, 0.5) is 0 Å². The van der Waals surface area contributed by atoms with E-state index in [-0.39, 0.29) is 6.01 Å². The minimum absolute atomic E-state index is 0.274. The molecule has 29 heavy (non-hydrogen) atoms. The van der Waals surface area contributed by atoms with E-state index in [1.54, 1.807) is 6.20 Å². The first kappa shape index (κ1) is 21.3. The maximum atomic E-state index is 11.3. The first-order valence-corrected chi connectivity index (χ1v) is 10.4. The molecule has 7 heteroatoms. The fourth-order valence-electron chi connectivity index (χ4n) is 3.58. The fraction of sp³-hybridized carbons (Fsp3) is 0.545. The van der Waals surface area contributed by atoms with Gasteiger partial charge in [-0.15, -0.1) is 0 Å². The van der Waals surface area contributed by atoms with Crippen LogP contribution in [-0.2, 0) is 12.1 Å². The maximum Gasteiger partial charge on any atom is 0.319 e. The zero-order valence-electron chi connectivity index (χ0n) is 17.6. The van der Waals surface area contributed by atoms with Crippen molar-refractivity contribution in [2.45, 2.75) is 45.8 Å². The molecule has 3 rings (SSSR count). The molecule has 2 aromatic rings. The summed E-state index contributed by atoms with van der Waals surface area (Å²) in [6.07, 6.45) is 2.84. The van der Waals surface area contributed by atoms with E-state index in [0.717, 1.165) is 25.4 Å². The first-order valence-electron chi connectivity index (χ1n) is 10.4. The molecule has 0 unspecified atom stereocenters. The third kappa shape index (κ3) is 5.36. The molecule has 0 amide bonds. The van der Waals surface area contributed by atoms with Crippen molar-refractivity contribution >= 4 is 0 Å². The van der Waals surface area contributed by atoms with Crippen molar-refractivity contribution in [1.82, 2.24) is 14.9 Å². The van der Waals surface area contributed by atoms with Crippen LogP contribution < -0.4 is 14.2 Å². The molecule has 158 valence electrons. The van der Waals surface area contributed by atoms with Crippen molar-refractivity contribution in [3.8, 4) is 17.6 Å². The van der Waals surface area contributed by atoms with Gasteiger partial charge < -0.3 is 19.3 Å². The lowest BCUT2D eigenvalue weighted by Crippen LogP contribution is -2.42. The van der Waals surface area contributed by atoms with Crippen LogP contribution in [0.5, 0.6) is 17.6 Å². The normalized spacial score (nSPS) is 16.4. The lowest BCUT2D eigenvalue weighted by Gasteiger charge is -2.38. The number of nitrogens with zero attached hydrogens (tertiary/aromatic N) is 3. The van der Waals surface area contributed by atoms with E-state index in [0.29, 0.717) is 44.1 Å². The van der Waals surface area contributed by atoms with Crippen molar-refractivity contribution in [1.29, 1.82) is 0 Å². The summed E-state index contributed by atoms with van der Waals surface area (Å²) < 4.78 is 16.6. The highest BCUT2D eigenvalue weighted by molar-refractivity contribution is 5.32. The van der Waals surface area contributed by atoms with Crippen molar-refractivity contribution in [3.63, 3.8) is 0 Å². The quantitative estimate of drug-likeness (QED) is 0.692. The molecule has 1 saturated heterocycles. The van der Waals surface area contributed by atoms with Crippen molar-refractivity contribution in [2.75, 3.05) is 32.9 Å². The van der Waals surface area contributed by atoms with Gasteiger partial charge in [0.1, 0.15) is 5.75 Å². The van der Waals surface area contributed by atoms with Gasteiger partial charge in [0, 0.05) is 25.8 Å². The second-order valence-electron chi connectivity index (χ2n) is 7.12. The van der Waals surface area contributed by atoms with E-state index < -0.39 is 5.60 Å². The van der Waals surface area contributed by atoms with Gasteiger partial charge >= 0.3 is 6.01 Å². The van der Waals surface area contributed by atoms with Gasteiger partial charge in [0.05, 0.1) is 31.0 Å².